The van der Waals surface area contributed by atoms with E-state index in [1.54, 1.807) is 0 Å². The van der Waals surface area contributed by atoms with Gasteiger partial charge in [-0.2, -0.15) is 0 Å². The van der Waals surface area contributed by atoms with Crippen LogP contribution in [0.2, 0.25) is 0 Å². The Morgan fingerprint density at radius 3 is 2.23 bits per heavy atom. The third-order valence-electron chi connectivity index (χ3n) is 2.31. The zero-order valence-electron chi connectivity index (χ0n) is 7.16. The Balaban J connectivity index is 2.82. The molecule has 0 aromatic carbocycles. The first-order valence-corrected chi connectivity index (χ1v) is 3.94. The summed E-state index contributed by atoms with van der Waals surface area (Å²) >= 11 is 0. The lowest BCUT2D eigenvalue weighted by atomic mass is 9.86. The van der Waals surface area contributed by atoms with Crippen LogP contribution in [0.5, 0.6) is 0 Å². The molecular formula is C7H14O6. The molecule has 1 rings (SSSR count). The fraction of sp³-hybridized carbons (Fsp3) is 1.00. The number of rotatable bonds is 1. The quantitative estimate of drug-likeness (QED) is 0.308. The van der Waals surface area contributed by atoms with Gasteiger partial charge in [-0.3, -0.25) is 0 Å². The van der Waals surface area contributed by atoms with Gasteiger partial charge in [0.15, 0.2) is 6.29 Å². The van der Waals surface area contributed by atoms with Crippen LogP contribution >= 0.6 is 0 Å². The first kappa shape index (κ1) is 10.8. The molecule has 0 aromatic rings. The van der Waals surface area contributed by atoms with Gasteiger partial charge in [-0.1, -0.05) is 0 Å². The second-order valence-corrected chi connectivity index (χ2v) is 3.36. The van der Waals surface area contributed by atoms with E-state index in [4.69, 9.17) is 10.2 Å². The fourth-order valence-electron chi connectivity index (χ4n) is 1.31. The molecule has 0 radical (unpaired) electrons. The molecule has 0 spiro atoms. The summed E-state index contributed by atoms with van der Waals surface area (Å²) in [4.78, 5) is 0. The van der Waals surface area contributed by atoms with E-state index in [9.17, 15) is 15.3 Å². The highest BCUT2D eigenvalue weighted by Crippen LogP contribution is 2.28. The summed E-state index contributed by atoms with van der Waals surface area (Å²) in [5.74, 6) is 0. The van der Waals surface area contributed by atoms with Crippen molar-refractivity contribution in [1.82, 2.24) is 0 Å². The van der Waals surface area contributed by atoms with Crippen molar-refractivity contribution >= 4 is 0 Å². The van der Waals surface area contributed by atoms with Crippen molar-refractivity contribution in [2.75, 3.05) is 6.61 Å². The lowest BCUT2D eigenvalue weighted by Crippen LogP contribution is -2.65. The second kappa shape index (κ2) is 3.49. The molecule has 5 N–H and O–H groups in total. The topological polar surface area (TPSA) is 110 Å². The predicted molar refractivity (Wildman–Crippen MR) is 40.6 cm³/mol. The first-order chi connectivity index (χ1) is 5.91. The first-order valence-electron chi connectivity index (χ1n) is 3.94. The minimum atomic E-state index is -1.88. The predicted octanol–water partition coefficient (Wildman–Crippen LogP) is -2.83. The molecule has 1 saturated heterocycles. The molecule has 0 saturated carbocycles. The smallest absolute Gasteiger partial charge is 0.184 e. The van der Waals surface area contributed by atoms with Crippen molar-refractivity contribution in [3.8, 4) is 0 Å². The number of hydrogen-bond donors (Lipinski definition) is 5. The van der Waals surface area contributed by atoms with Gasteiger partial charge in [-0.25, -0.2) is 0 Å². The van der Waals surface area contributed by atoms with Crippen molar-refractivity contribution in [1.29, 1.82) is 0 Å². The molecule has 6 heteroatoms. The fourth-order valence-corrected chi connectivity index (χ4v) is 1.31. The van der Waals surface area contributed by atoms with Crippen molar-refractivity contribution in [3.05, 3.63) is 0 Å². The molecule has 0 aromatic heterocycles. The van der Waals surface area contributed by atoms with Crippen LogP contribution in [0.25, 0.3) is 0 Å². The highest BCUT2D eigenvalue weighted by atomic mass is 16.6. The van der Waals surface area contributed by atoms with Crippen molar-refractivity contribution in [3.63, 3.8) is 0 Å². The Morgan fingerprint density at radius 2 is 1.77 bits per heavy atom. The summed E-state index contributed by atoms with van der Waals surface area (Å²) in [7, 11) is 0. The minimum Gasteiger partial charge on any atom is -0.394 e. The number of aliphatic hydroxyl groups is 5. The molecule has 1 aliphatic heterocycles. The van der Waals surface area contributed by atoms with Crippen molar-refractivity contribution < 1.29 is 30.3 Å². The summed E-state index contributed by atoms with van der Waals surface area (Å²) in [6.07, 6.45) is -5.72. The van der Waals surface area contributed by atoms with Gasteiger partial charge in [0.25, 0.3) is 0 Å². The normalized spacial score (nSPS) is 52.2. The molecule has 6 nitrogen and oxygen atoms in total. The van der Waals surface area contributed by atoms with Crippen molar-refractivity contribution in [2.45, 2.75) is 37.1 Å². The SMILES string of the molecule is CC1(O)C(O)C(O)OC(CO)C1O. The van der Waals surface area contributed by atoms with E-state index in [2.05, 4.69) is 4.74 Å². The highest BCUT2D eigenvalue weighted by Gasteiger charge is 2.51. The van der Waals surface area contributed by atoms with Crippen LogP contribution in [0.4, 0.5) is 0 Å². The maximum absolute atomic E-state index is 9.53. The zero-order valence-corrected chi connectivity index (χ0v) is 7.16. The van der Waals surface area contributed by atoms with E-state index in [0.29, 0.717) is 0 Å². The van der Waals surface area contributed by atoms with E-state index in [0.717, 1.165) is 6.92 Å². The molecular weight excluding hydrogens is 180 g/mol. The van der Waals surface area contributed by atoms with Gasteiger partial charge in [0.2, 0.25) is 0 Å². The molecule has 0 aliphatic carbocycles. The molecule has 0 bridgehead atoms. The molecule has 5 atom stereocenters. The maximum atomic E-state index is 9.53. The van der Waals surface area contributed by atoms with E-state index in [1.165, 1.54) is 0 Å². The average Bonchev–Trinajstić information content (AvgIpc) is 2.09. The third kappa shape index (κ3) is 1.69. The summed E-state index contributed by atoms with van der Waals surface area (Å²) < 4.78 is 4.64. The number of aliphatic hydroxyl groups excluding tert-OH is 4. The monoisotopic (exact) mass is 194 g/mol. The van der Waals surface area contributed by atoms with Crippen molar-refractivity contribution in [2.24, 2.45) is 0 Å². The molecule has 5 unspecified atom stereocenters. The Kier molecular flexibility index (Phi) is 2.91. The number of ether oxygens (including phenoxy) is 1. The Hall–Kier alpha value is -0.240. The van der Waals surface area contributed by atoms with Crippen LogP contribution in [0.1, 0.15) is 6.92 Å². The van der Waals surface area contributed by atoms with Crippen LogP contribution in [0.3, 0.4) is 0 Å². The third-order valence-corrected chi connectivity index (χ3v) is 2.31. The molecule has 1 heterocycles. The standard InChI is InChI=1S/C7H14O6/c1-7(12)4(9)3(2-8)13-6(11)5(7)10/h3-6,8-12H,2H2,1H3. The summed E-state index contributed by atoms with van der Waals surface area (Å²) in [6, 6.07) is 0. The van der Waals surface area contributed by atoms with E-state index >= 15 is 0 Å². The molecule has 13 heavy (non-hydrogen) atoms. The van der Waals surface area contributed by atoms with Crippen LogP contribution < -0.4 is 0 Å². The van der Waals surface area contributed by atoms with Gasteiger partial charge in [-0.05, 0) is 6.92 Å². The van der Waals surface area contributed by atoms with Gasteiger partial charge in [0.05, 0.1) is 6.61 Å². The summed E-state index contributed by atoms with van der Waals surface area (Å²) in [5, 5.41) is 45.9. The molecule has 1 fully saturated rings. The lowest BCUT2D eigenvalue weighted by molar-refractivity contribution is -0.316. The minimum absolute atomic E-state index is 0.541. The van der Waals surface area contributed by atoms with Crippen LogP contribution in [0.15, 0.2) is 0 Å². The maximum Gasteiger partial charge on any atom is 0.184 e. The van der Waals surface area contributed by atoms with Gasteiger partial charge < -0.3 is 30.3 Å². The highest BCUT2D eigenvalue weighted by molar-refractivity contribution is 4.98. The summed E-state index contributed by atoms with van der Waals surface area (Å²) in [6.45, 7) is 0.623. The van der Waals surface area contributed by atoms with Gasteiger partial charge in [-0.15, -0.1) is 0 Å². The Bertz CT molecular complexity index is 182. The number of hydrogen-bond acceptors (Lipinski definition) is 6. The second-order valence-electron chi connectivity index (χ2n) is 3.36. The van der Waals surface area contributed by atoms with E-state index in [1.807, 2.05) is 0 Å². The average molecular weight is 194 g/mol. The molecule has 0 amide bonds. The van der Waals surface area contributed by atoms with Gasteiger partial charge in [0.1, 0.15) is 23.9 Å². The van der Waals surface area contributed by atoms with Crippen LogP contribution in [-0.2, 0) is 4.74 Å². The van der Waals surface area contributed by atoms with Gasteiger partial charge >= 0.3 is 0 Å². The van der Waals surface area contributed by atoms with E-state index < -0.39 is 36.8 Å². The molecule has 1 aliphatic rings. The van der Waals surface area contributed by atoms with E-state index in [-0.39, 0.29) is 0 Å². The van der Waals surface area contributed by atoms with Gasteiger partial charge in [0, 0.05) is 0 Å². The largest absolute Gasteiger partial charge is 0.394 e. The Morgan fingerprint density at radius 1 is 1.23 bits per heavy atom. The van der Waals surface area contributed by atoms with Crippen LogP contribution in [0, 0.1) is 0 Å². The lowest BCUT2D eigenvalue weighted by Gasteiger charge is -2.44. The zero-order chi connectivity index (χ0) is 10.2. The molecule has 78 valence electrons. The summed E-state index contributed by atoms with van der Waals surface area (Å²) in [5.41, 5.74) is -1.88. The Labute approximate surface area is 75.0 Å². The van der Waals surface area contributed by atoms with Crippen LogP contribution in [-0.4, -0.2) is 62.3 Å².